The highest BCUT2D eigenvalue weighted by atomic mass is 16.5. The lowest BCUT2D eigenvalue weighted by atomic mass is 9.46. The molecule has 0 heterocycles. The number of hydrogen-bond acceptors (Lipinski definition) is 5. The Labute approximate surface area is 125 Å². The van der Waals surface area contributed by atoms with Gasteiger partial charge in [0.1, 0.15) is 5.60 Å². The van der Waals surface area contributed by atoms with E-state index in [4.69, 9.17) is 4.74 Å². The van der Waals surface area contributed by atoms with Crippen LogP contribution in [0.4, 0.5) is 0 Å². The molecule has 0 bridgehead atoms. The summed E-state index contributed by atoms with van der Waals surface area (Å²) in [7, 11) is 1.31. The molecule has 0 spiro atoms. The van der Waals surface area contributed by atoms with E-state index >= 15 is 0 Å². The normalized spacial score (nSPS) is 43.0. The minimum absolute atomic E-state index is 0.166. The standard InChI is InChI=1S/C16H24O5/c1-10-8-11(18)12-14(2,13(19)21-4)6-5-7-15(12,3)16(10,20)9-17/h8,12,17,20H,5-7,9H2,1-4H3/t12-,14+,15-,16+/m0/s1. The number of carbonyl (C=O) groups is 2. The summed E-state index contributed by atoms with van der Waals surface area (Å²) in [6, 6.07) is 0. The molecule has 118 valence electrons. The summed E-state index contributed by atoms with van der Waals surface area (Å²) in [5.74, 6) is -1.28. The van der Waals surface area contributed by atoms with Crippen molar-refractivity contribution < 1.29 is 24.5 Å². The van der Waals surface area contributed by atoms with Crippen LogP contribution in [0.5, 0.6) is 0 Å². The van der Waals surface area contributed by atoms with Gasteiger partial charge in [-0.05, 0) is 38.3 Å². The van der Waals surface area contributed by atoms with Gasteiger partial charge in [0.2, 0.25) is 0 Å². The van der Waals surface area contributed by atoms with Gasteiger partial charge in [0.05, 0.1) is 19.1 Å². The van der Waals surface area contributed by atoms with Crippen molar-refractivity contribution in [1.29, 1.82) is 0 Å². The Morgan fingerprint density at radius 1 is 1.43 bits per heavy atom. The molecule has 2 aliphatic rings. The lowest BCUT2D eigenvalue weighted by Gasteiger charge is -2.58. The van der Waals surface area contributed by atoms with Crippen LogP contribution in [0.1, 0.15) is 40.0 Å². The monoisotopic (exact) mass is 296 g/mol. The molecule has 5 nitrogen and oxygen atoms in total. The van der Waals surface area contributed by atoms with E-state index in [-0.39, 0.29) is 5.78 Å². The fraction of sp³-hybridized carbons (Fsp3) is 0.750. The largest absolute Gasteiger partial charge is 0.469 e. The average Bonchev–Trinajstić information content (AvgIpc) is 2.43. The van der Waals surface area contributed by atoms with Crippen LogP contribution in [0.2, 0.25) is 0 Å². The molecule has 0 saturated heterocycles. The summed E-state index contributed by atoms with van der Waals surface area (Å²) in [5.41, 5.74) is -2.87. The number of hydrogen-bond donors (Lipinski definition) is 2. The first kappa shape index (κ1) is 16.2. The molecule has 0 amide bonds. The molecular formula is C16H24O5. The summed E-state index contributed by atoms with van der Waals surface area (Å²) in [6.45, 7) is 4.71. The van der Waals surface area contributed by atoms with E-state index in [2.05, 4.69) is 0 Å². The van der Waals surface area contributed by atoms with Gasteiger partial charge >= 0.3 is 5.97 Å². The Morgan fingerprint density at radius 2 is 2.05 bits per heavy atom. The molecular weight excluding hydrogens is 272 g/mol. The molecule has 21 heavy (non-hydrogen) atoms. The average molecular weight is 296 g/mol. The van der Waals surface area contributed by atoms with Gasteiger partial charge in [0.25, 0.3) is 0 Å². The van der Waals surface area contributed by atoms with Crippen LogP contribution < -0.4 is 0 Å². The predicted octanol–water partition coefficient (Wildman–Crippen LogP) is 1.22. The van der Waals surface area contributed by atoms with Gasteiger partial charge in [-0.25, -0.2) is 0 Å². The Balaban J connectivity index is 2.65. The lowest BCUT2D eigenvalue weighted by molar-refractivity contribution is -0.189. The highest BCUT2D eigenvalue weighted by molar-refractivity contribution is 5.99. The second-order valence-electron chi connectivity index (χ2n) is 6.86. The third-order valence-corrected chi connectivity index (χ3v) is 5.79. The molecule has 1 saturated carbocycles. The topological polar surface area (TPSA) is 83.8 Å². The van der Waals surface area contributed by atoms with E-state index in [9.17, 15) is 19.8 Å². The number of fused-ring (bicyclic) bond motifs is 1. The molecule has 0 aromatic rings. The molecule has 1 fully saturated rings. The number of ketones is 1. The minimum atomic E-state index is -1.48. The van der Waals surface area contributed by atoms with E-state index in [0.29, 0.717) is 24.8 Å². The summed E-state index contributed by atoms with van der Waals surface area (Å²) in [6.07, 6.45) is 3.19. The van der Waals surface area contributed by atoms with Crippen LogP contribution >= 0.6 is 0 Å². The number of carbonyl (C=O) groups excluding carboxylic acids is 2. The second-order valence-corrected chi connectivity index (χ2v) is 6.86. The van der Waals surface area contributed by atoms with E-state index in [1.165, 1.54) is 13.2 Å². The third kappa shape index (κ3) is 1.90. The van der Waals surface area contributed by atoms with Crippen molar-refractivity contribution >= 4 is 11.8 Å². The zero-order valence-corrected chi connectivity index (χ0v) is 13.1. The highest BCUT2D eigenvalue weighted by Crippen LogP contribution is 2.60. The van der Waals surface area contributed by atoms with E-state index in [1.54, 1.807) is 20.8 Å². The van der Waals surface area contributed by atoms with E-state index < -0.39 is 34.9 Å². The van der Waals surface area contributed by atoms with Crippen molar-refractivity contribution in [3.8, 4) is 0 Å². The highest BCUT2D eigenvalue weighted by Gasteiger charge is 2.65. The minimum Gasteiger partial charge on any atom is -0.469 e. The van der Waals surface area contributed by atoms with E-state index in [1.807, 2.05) is 0 Å². The first-order chi connectivity index (χ1) is 9.67. The van der Waals surface area contributed by atoms with Crippen LogP contribution in [0.3, 0.4) is 0 Å². The van der Waals surface area contributed by atoms with Crippen molar-refractivity contribution in [3.63, 3.8) is 0 Å². The maximum atomic E-state index is 12.6. The first-order valence-corrected chi connectivity index (χ1v) is 7.31. The summed E-state index contributed by atoms with van der Waals surface area (Å²) in [4.78, 5) is 24.9. The van der Waals surface area contributed by atoms with E-state index in [0.717, 1.165) is 0 Å². The van der Waals surface area contributed by atoms with Gasteiger partial charge in [-0.1, -0.05) is 13.3 Å². The van der Waals surface area contributed by atoms with Gasteiger partial charge in [0.15, 0.2) is 5.78 Å². The van der Waals surface area contributed by atoms with Gasteiger partial charge in [-0.15, -0.1) is 0 Å². The number of rotatable bonds is 2. The van der Waals surface area contributed by atoms with Crippen molar-refractivity contribution in [2.24, 2.45) is 16.7 Å². The fourth-order valence-electron chi connectivity index (χ4n) is 4.51. The molecule has 2 aliphatic carbocycles. The van der Waals surface area contributed by atoms with Gasteiger partial charge in [-0.2, -0.15) is 0 Å². The van der Waals surface area contributed by atoms with Crippen molar-refractivity contribution in [3.05, 3.63) is 11.6 Å². The molecule has 0 unspecified atom stereocenters. The Bertz CT molecular complexity index is 511. The van der Waals surface area contributed by atoms with Crippen LogP contribution in [0.15, 0.2) is 11.6 Å². The predicted molar refractivity (Wildman–Crippen MR) is 76.4 cm³/mol. The van der Waals surface area contributed by atoms with Crippen LogP contribution in [0.25, 0.3) is 0 Å². The Kier molecular flexibility index (Phi) is 3.79. The molecule has 0 aliphatic heterocycles. The first-order valence-electron chi connectivity index (χ1n) is 7.31. The fourth-order valence-corrected chi connectivity index (χ4v) is 4.51. The summed E-state index contributed by atoms with van der Waals surface area (Å²) < 4.78 is 4.91. The molecule has 0 radical (unpaired) electrons. The van der Waals surface area contributed by atoms with Gasteiger partial charge in [0, 0.05) is 11.3 Å². The van der Waals surface area contributed by atoms with Crippen molar-refractivity contribution in [2.75, 3.05) is 13.7 Å². The molecule has 0 aromatic carbocycles. The van der Waals surface area contributed by atoms with Crippen LogP contribution in [0, 0.1) is 16.7 Å². The number of allylic oxidation sites excluding steroid dienone is 1. The molecule has 0 aromatic heterocycles. The van der Waals surface area contributed by atoms with Crippen LogP contribution in [-0.2, 0) is 14.3 Å². The SMILES string of the molecule is COC(=O)[C@]1(C)CCC[C@@]2(C)[C@H]1C(=O)C=C(C)[C@]2(O)CO. The van der Waals surface area contributed by atoms with Crippen LogP contribution in [-0.4, -0.2) is 41.3 Å². The quantitative estimate of drug-likeness (QED) is 0.749. The number of esters is 1. The lowest BCUT2D eigenvalue weighted by Crippen LogP contribution is -2.65. The number of methoxy groups -OCH3 is 1. The maximum absolute atomic E-state index is 12.6. The third-order valence-electron chi connectivity index (χ3n) is 5.79. The number of ether oxygens (including phenoxy) is 1. The zero-order chi connectivity index (χ0) is 16.1. The molecule has 5 heteroatoms. The second kappa shape index (κ2) is 4.92. The maximum Gasteiger partial charge on any atom is 0.312 e. The van der Waals surface area contributed by atoms with Gasteiger partial charge < -0.3 is 14.9 Å². The number of aliphatic hydroxyl groups excluding tert-OH is 1. The van der Waals surface area contributed by atoms with Gasteiger partial charge in [-0.3, -0.25) is 9.59 Å². The Morgan fingerprint density at radius 3 is 2.57 bits per heavy atom. The zero-order valence-electron chi connectivity index (χ0n) is 13.1. The molecule has 4 atom stereocenters. The number of aliphatic hydroxyl groups is 2. The molecule has 2 N–H and O–H groups in total. The smallest absolute Gasteiger partial charge is 0.312 e. The summed E-state index contributed by atoms with van der Waals surface area (Å²) in [5, 5.41) is 20.7. The van der Waals surface area contributed by atoms with Crippen molar-refractivity contribution in [1.82, 2.24) is 0 Å². The molecule has 2 rings (SSSR count). The Hall–Kier alpha value is -1.20. The summed E-state index contributed by atoms with van der Waals surface area (Å²) >= 11 is 0. The van der Waals surface area contributed by atoms with Crippen molar-refractivity contribution in [2.45, 2.75) is 45.6 Å².